The van der Waals surface area contributed by atoms with Crippen LogP contribution in [0.15, 0.2) is 24.3 Å². The molecule has 0 saturated heterocycles. The van der Waals surface area contributed by atoms with Crippen molar-refractivity contribution in [1.82, 2.24) is 0 Å². The van der Waals surface area contributed by atoms with E-state index in [1.54, 1.807) is 29.2 Å². The first kappa shape index (κ1) is 17.0. The van der Waals surface area contributed by atoms with Crippen molar-refractivity contribution in [3.05, 3.63) is 29.8 Å². The largest absolute Gasteiger partial charge is 0.313 e. The molecule has 1 rings (SSSR count). The summed E-state index contributed by atoms with van der Waals surface area (Å²) in [5.41, 5.74) is 1.30. The van der Waals surface area contributed by atoms with Crippen LogP contribution in [-0.2, 0) is 14.4 Å². The van der Waals surface area contributed by atoms with E-state index in [0.29, 0.717) is 30.4 Å². The predicted octanol–water partition coefficient (Wildman–Crippen LogP) is 1.16. The fourth-order valence-electron chi connectivity index (χ4n) is 1.68. The van der Waals surface area contributed by atoms with Crippen molar-refractivity contribution in [3.8, 4) is 0 Å². The smallest absolute Gasteiger partial charge is 0.223 e. The van der Waals surface area contributed by atoms with E-state index in [1.165, 1.54) is 6.92 Å². The van der Waals surface area contributed by atoms with E-state index in [0.717, 1.165) is 0 Å². The number of benzene rings is 1. The molecule has 0 atom stereocenters. The van der Waals surface area contributed by atoms with Gasteiger partial charge in [0.2, 0.25) is 5.91 Å². The molecule has 0 N–H and O–H groups in total. The number of hydrogen-bond acceptors (Lipinski definition) is 3. The van der Waals surface area contributed by atoms with Gasteiger partial charge in [0.05, 0.1) is 5.92 Å². The third-order valence-electron chi connectivity index (χ3n) is 2.56. The Kier molecular flexibility index (Phi) is 7.75. The molecule has 91 valence electrons. The van der Waals surface area contributed by atoms with Gasteiger partial charge >= 0.3 is 0 Å². The van der Waals surface area contributed by atoms with Crippen LogP contribution in [0, 0.1) is 0 Å². The van der Waals surface area contributed by atoms with Crippen molar-refractivity contribution in [2.24, 2.45) is 0 Å². The zero-order chi connectivity index (χ0) is 12.8. The first-order valence-corrected chi connectivity index (χ1v) is 5.42. The molecule has 1 radical (unpaired) electrons. The van der Waals surface area contributed by atoms with Crippen LogP contribution in [0.5, 0.6) is 0 Å². The van der Waals surface area contributed by atoms with Gasteiger partial charge in [-0.05, 0) is 24.6 Å². The van der Waals surface area contributed by atoms with Crippen LogP contribution >= 0.6 is 0 Å². The molecule has 0 aliphatic heterocycles. The van der Waals surface area contributed by atoms with Crippen molar-refractivity contribution in [2.45, 2.75) is 19.8 Å². The summed E-state index contributed by atoms with van der Waals surface area (Å²) in [4.78, 5) is 34.4. The SMILES string of the molecule is CCN(C(C)=O)c1cccc(C(C=O)C=O)c1.[Na]. The topological polar surface area (TPSA) is 54.5 Å². The third-order valence-corrected chi connectivity index (χ3v) is 2.56. The summed E-state index contributed by atoms with van der Waals surface area (Å²) in [5.74, 6) is -0.834. The molecule has 0 heterocycles. The summed E-state index contributed by atoms with van der Waals surface area (Å²) in [6.45, 7) is 3.89. The molecule has 1 aromatic carbocycles. The molecule has 0 unspecified atom stereocenters. The predicted molar refractivity (Wildman–Crippen MR) is 70.8 cm³/mol. The second kappa shape index (κ2) is 8.19. The summed E-state index contributed by atoms with van der Waals surface area (Å²) in [6.07, 6.45) is 1.19. The normalized spacial score (nSPS) is 9.50. The molecule has 0 fully saturated rings. The van der Waals surface area contributed by atoms with Gasteiger partial charge in [-0.2, -0.15) is 0 Å². The van der Waals surface area contributed by atoms with Crippen LogP contribution in [0.2, 0.25) is 0 Å². The molecular formula is C13H15NNaO3. The van der Waals surface area contributed by atoms with Crippen LogP contribution in [0.1, 0.15) is 25.3 Å². The molecule has 1 amide bonds. The van der Waals surface area contributed by atoms with Crippen molar-refractivity contribution in [3.63, 3.8) is 0 Å². The maximum absolute atomic E-state index is 11.4. The van der Waals surface area contributed by atoms with Gasteiger partial charge in [-0.1, -0.05) is 12.1 Å². The zero-order valence-corrected chi connectivity index (χ0v) is 12.9. The molecule has 1 aromatic rings. The third kappa shape index (κ3) is 4.05. The van der Waals surface area contributed by atoms with E-state index in [-0.39, 0.29) is 35.5 Å². The Bertz CT molecular complexity index is 426. The van der Waals surface area contributed by atoms with Crippen LogP contribution in [-0.4, -0.2) is 54.6 Å². The fourth-order valence-corrected chi connectivity index (χ4v) is 1.68. The Morgan fingerprint density at radius 2 is 1.94 bits per heavy atom. The van der Waals surface area contributed by atoms with Gasteiger partial charge in [0, 0.05) is 48.7 Å². The van der Waals surface area contributed by atoms with Gasteiger partial charge < -0.3 is 14.5 Å². The zero-order valence-electron chi connectivity index (χ0n) is 10.9. The van der Waals surface area contributed by atoms with Crippen molar-refractivity contribution in [1.29, 1.82) is 0 Å². The molecule has 5 heteroatoms. The Morgan fingerprint density at radius 3 is 2.39 bits per heavy atom. The van der Waals surface area contributed by atoms with Crippen LogP contribution in [0.3, 0.4) is 0 Å². The first-order chi connectivity index (χ1) is 8.13. The maximum atomic E-state index is 11.4. The minimum atomic E-state index is -0.763. The number of carbonyl (C=O) groups excluding carboxylic acids is 3. The Morgan fingerprint density at radius 1 is 1.33 bits per heavy atom. The minimum absolute atomic E-state index is 0. The Balaban J connectivity index is 0.00000289. The van der Waals surface area contributed by atoms with Crippen LogP contribution < -0.4 is 4.90 Å². The van der Waals surface area contributed by atoms with E-state index >= 15 is 0 Å². The summed E-state index contributed by atoms with van der Waals surface area (Å²) in [5, 5.41) is 0. The molecule has 0 bridgehead atoms. The van der Waals surface area contributed by atoms with E-state index in [1.807, 2.05) is 6.92 Å². The fraction of sp³-hybridized carbons (Fsp3) is 0.308. The number of amides is 1. The van der Waals surface area contributed by atoms with Gasteiger partial charge in [-0.25, -0.2) is 0 Å². The summed E-state index contributed by atoms with van der Waals surface area (Å²) in [7, 11) is 0. The molecule has 0 aromatic heterocycles. The molecule has 18 heavy (non-hydrogen) atoms. The maximum Gasteiger partial charge on any atom is 0.223 e. The van der Waals surface area contributed by atoms with E-state index in [4.69, 9.17) is 0 Å². The van der Waals surface area contributed by atoms with E-state index in [9.17, 15) is 14.4 Å². The van der Waals surface area contributed by atoms with Crippen molar-refractivity contribution >= 4 is 53.7 Å². The van der Waals surface area contributed by atoms with Gasteiger partial charge in [-0.3, -0.25) is 4.79 Å². The van der Waals surface area contributed by atoms with Gasteiger partial charge in [0.15, 0.2) is 0 Å². The molecule has 0 aliphatic carbocycles. The number of carbonyl (C=O) groups is 3. The first-order valence-electron chi connectivity index (χ1n) is 5.42. The standard InChI is InChI=1S/C13H15NO3.Na/c1-3-14(10(2)17)13-6-4-5-11(7-13)12(8-15)9-16;/h4-9,12H,3H2,1-2H3;. The summed E-state index contributed by atoms with van der Waals surface area (Å²) >= 11 is 0. The van der Waals surface area contributed by atoms with E-state index in [2.05, 4.69) is 0 Å². The molecule has 4 nitrogen and oxygen atoms in total. The number of aldehydes is 2. The van der Waals surface area contributed by atoms with Crippen molar-refractivity contribution in [2.75, 3.05) is 11.4 Å². The monoisotopic (exact) mass is 256 g/mol. The number of anilines is 1. The van der Waals surface area contributed by atoms with Gasteiger partial charge in [0.25, 0.3) is 0 Å². The average Bonchev–Trinajstić information content (AvgIpc) is 2.31. The average molecular weight is 256 g/mol. The molecule has 0 saturated carbocycles. The molecule has 0 aliphatic rings. The van der Waals surface area contributed by atoms with Crippen molar-refractivity contribution < 1.29 is 14.4 Å². The number of hydrogen-bond donors (Lipinski definition) is 0. The Hall–Kier alpha value is -0.970. The second-order valence-corrected chi connectivity index (χ2v) is 3.66. The number of rotatable bonds is 5. The van der Waals surface area contributed by atoms with Gasteiger partial charge in [-0.15, -0.1) is 0 Å². The molecular weight excluding hydrogens is 241 g/mol. The quantitative estimate of drug-likeness (QED) is 0.451. The van der Waals surface area contributed by atoms with Crippen LogP contribution in [0.4, 0.5) is 5.69 Å². The van der Waals surface area contributed by atoms with E-state index < -0.39 is 5.92 Å². The van der Waals surface area contributed by atoms with Gasteiger partial charge in [0.1, 0.15) is 12.6 Å². The summed E-state index contributed by atoms with van der Waals surface area (Å²) < 4.78 is 0. The second-order valence-electron chi connectivity index (χ2n) is 3.66. The van der Waals surface area contributed by atoms with Crippen LogP contribution in [0.25, 0.3) is 0 Å². The summed E-state index contributed by atoms with van der Waals surface area (Å²) in [6, 6.07) is 6.90. The minimum Gasteiger partial charge on any atom is -0.313 e. The number of nitrogens with zero attached hydrogens (tertiary/aromatic N) is 1. The molecule has 0 spiro atoms. The Labute approximate surface area is 129 Å².